The van der Waals surface area contributed by atoms with Crippen LogP contribution in [0, 0.1) is 5.92 Å². The second-order valence-corrected chi connectivity index (χ2v) is 6.11. The summed E-state index contributed by atoms with van der Waals surface area (Å²) in [6, 6.07) is 5.78. The number of benzene rings is 1. The van der Waals surface area contributed by atoms with Crippen LogP contribution in [0.1, 0.15) is 11.7 Å². The summed E-state index contributed by atoms with van der Waals surface area (Å²) in [6.45, 7) is 2.62. The van der Waals surface area contributed by atoms with E-state index in [9.17, 15) is 0 Å². The first kappa shape index (κ1) is 17.4. The van der Waals surface area contributed by atoms with E-state index in [0.717, 1.165) is 31.0 Å². The first-order valence-electron chi connectivity index (χ1n) is 5.98. The predicted octanol–water partition coefficient (Wildman–Crippen LogP) is 4.06. The van der Waals surface area contributed by atoms with E-state index in [4.69, 9.17) is 27.9 Å². The number of halogens is 3. The lowest BCUT2D eigenvalue weighted by atomic mass is 9.97. The van der Waals surface area contributed by atoms with Gasteiger partial charge in [-0.15, -0.1) is 12.4 Å². The van der Waals surface area contributed by atoms with Crippen LogP contribution in [0.2, 0.25) is 10.0 Å². The Morgan fingerprint density at radius 2 is 2.16 bits per heavy atom. The normalized spacial score (nSPS) is 23.5. The second kappa shape index (κ2) is 8.60. The molecule has 0 aliphatic carbocycles. The average Bonchev–Trinajstić information content (AvgIpc) is 2.59. The maximum Gasteiger partial charge on any atom is 0.0874 e. The zero-order valence-electron chi connectivity index (χ0n) is 10.7. The molecule has 6 heteroatoms. The predicted molar refractivity (Wildman–Crippen MR) is 87.1 cm³/mol. The van der Waals surface area contributed by atoms with E-state index >= 15 is 0 Å². The summed E-state index contributed by atoms with van der Waals surface area (Å²) in [5, 5.41) is 4.60. The Hall–Kier alpha value is 0.360. The van der Waals surface area contributed by atoms with E-state index in [1.807, 2.05) is 30.0 Å². The lowest BCUT2D eigenvalue weighted by Gasteiger charge is -2.24. The Labute approximate surface area is 135 Å². The van der Waals surface area contributed by atoms with E-state index in [0.29, 0.717) is 16.0 Å². The second-order valence-electron chi connectivity index (χ2n) is 4.38. The molecule has 1 aromatic rings. The maximum absolute atomic E-state index is 6.09. The smallest absolute Gasteiger partial charge is 0.0874 e. The largest absolute Gasteiger partial charge is 0.372 e. The number of thioether (sulfide) groups is 1. The molecule has 1 aliphatic rings. The molecule has 0 amide bonds. The minimum Gasteiger partial charge on any atom is -0.372 e. The monoisotopic (exact) mass is 341 g/mol. The zero-order valence-corrected chi connectivity index (χ0v) is 13.8. The molecular formula is C13H18Cl3NOS. The number of rotatable bonds is 3. The SMILES string of the molecule is CSC[C@@H]1CNCCO[C@H]1c1ccc(Cl)c(Cl)c1.Cl. The summed E-state index contributed by atoms with van der Waals surface area (Å²) in [5.41, 5.74) is 1.12. The summed E-state index contributed by atoms with van der Waals surface area (Å²) < 4.78 is 5.97. The highest BCUT2D eigenvalue weighted by molar-refractivity contribution is 7.98. The van der Waals surface area contributed by atoms with Gasteiger partial charge in [0, 0.05) is 19.0 Å². The maximum atomic E-state index is 6.09. The van der Waals surface area contributed by atoms with Crippen LogP contribution in [0.15, 0.2) is 18.2 Å². The molecule has 0 bridgehead atoms. The van der Waals surface area contributed by atoms with Crippen molar-refractivity contribution in [3.63, 3.8) is 0 Å². The third-order valence-electron chi connectivity index (χ3n) is 3.06. The van der Waals surface area contributed by atoms with Crippen LogP contribution >= 0.6 is 47.4 Å². The number of hydrogen-bond donors (Lipinski definition) is 1. The van der Waals surface area contributed by atoms with Gasteiger partial charge in [-0.1, -0.05) is 29.3 Å². The first-order chi connectivity index (χ1) is 8.72. The summed E-state index contributed by atoms with van der Waals surface area (Å²) in [7, 11) is 0. The minimum atomic E-state index is 0. The van der Waals surface area contributed by atoms with Crippen molar-refractivity contribution in [3.8, 4) is 0 Å². The molecule has 0 aromatic heterocycles. The van der Waals surface area contributed by atoms with Crippen molar-refractivity contribution >= 4 is 47.4 Å². The van der Waals surface area contributed by atoms with Crippen molar-refractivity contribution in [2.24, 2.45) is 5.92 Å². The Morgan fingerprint density at radius 1 is 1.37 bits per heavy atom. The van der Waals surface area contributed by atoms with Crippen molar-refractivity contribution in [3.05, 3.63) is 33.8 Å². The summed E-state index contributed by atoms with van der Waals surface area (Å²) in [4.78, 5) is 0. The molecule has 0 radical (unpaired) electrons. The number of hydrogen-bond acceptors (Lipinski definition) is 3. The Bertz CT molecular complexity index is 405. The molecule has 1 aliphatic heterocycles. The molecule has 0 spiro atoms. The van der Waals surface area contributed by atoms with Crippen molar-refractivity contribution in [1.29, 1.82) is 0 Å². The lowest BCUT2D eigenvalue weighted by molar-refractivity contribution is 0.0374. The van der Waals surface area contributed by atoms with Crippen LogP contribution in [0.4, 0.5) is 0 Å². The molecule has 0 saturated carbocycles. The Morgan fingerprint density at radius 3 is 2.84 bits per heavy atom. The van der Waals surface area contributed by atoms with Gasteiger partial charge in [0.25, 0.3) is 0 Å². The molecule has 19 heavy (non-hydrogen) atoms. The first-order valence-corrected chi connectivity index (χ1v) is 8.13. The number of ether oxygens (including phenoxy) is 1. The molecule has 1 aromatic carbocycles. The van der Waals surface area contributed by atoms with Gasteiger partial charge in [0.2, 0.25) is 0 Å². The van der Waals surface area contributed by atoms with Crippen LogP contribution < -0.4 is 5.32 Å². The lowest BCUT2D eigenvalue weighted by Crippen LogP contribution is -2.26. The summed E-state index contributed by atoms with van der Waals surface area (Å²) in [5.74, 6) is 1.53. The van der Waals surface area contributed by atoms with E-state index in [1.165, 1.54) is 0 Å². The standard InChI is InChI=1S/C13H17Cl2NOS.ClH/c1-18-8-10-7-16-4-5-17-13(10)9-2-3-11(14)12(15)6-9;/h2-3,6,10,13,16H,4-5,7-8H2,1H3;1H/t10-,13-;/m0./s1. The molecule has 2 atom stereocenters. The van der Waals surface area contributed by atoms with Crippen LogP contribution in [0.3, 0.4) is 0 Å². The van der Waals surface area contributed by atoms with E-state index in [1.54, 1.807) is 0 Å². The minimum absolute atomic E-state index is 0. The third kappa shape index (κ3) is 4.69. The van der Waals surface area contributed by atoms with Crippen molar-refractivity contribution < 1.29 is 4.74 Å². The van der Waals surface area contributed by atoms with E-state index < -0.39 is 0 Å². The average molecular weight is 343 g/mol. The fourth-order valence-electron chi connectivity index (χ4n) is 2.21. The van der Waals surface area contributed by atoms with Crippen LogP contribution in [-0.4, -0.2) is 31.7 Å². The van der Waals surface area contributed by atoms with Crippen LogP contribution in [-0.2, 0) is 4.74 Å². The molecule has 108 valence electrons. The van der Waals surface area contributed by atoms with Gasteiger partial charge in [0.15, 0.2) is 0 Å². The van der Waals surface area contributed by atoms with Gasteiger partial charge in [0.05, 0.1) is 22.8 Å². The molecule has 1 fully saturated rings. The van der Waals surface area contributed by atoms with Crippen LogP contribution in [0.5, 0.6) is 0 Å². The van der Waals surface area contributed by atoms with Gasteiger partial charge in [-0.3, -0.25) is 0 Å². The van der Waals surface area contributed by atoms with Crippen molar-refractivity contribution in [1.82, 2.24) is 5.32 Å². The summed E-state index contributed by atoms with van der Waals surface area (Å²) >= 11 is 13.9. The van der Waals surface area contributed by atoms with Crippen molar-refractivity contribution in [2.75, 3.05) is 31.7 Å². The quantitative estimate of drug-likeness (QED) is 0.895. The van der Waals surface area contributed by atoms with Gasteiger partial charge in [-0.2, -0.15) is 11.8 Å². The molecule has 2 nitrogen and oxygen atoms in total. The molecule has 2 rings (SSSR count). The van der Waals surface area contributed by atoms with E-state index in [2.05, 4.69) is 11.6 Å². The third-order valence-corrected chi connectivity index (χ3v) is 4.56. The number of nitrogens with one attached hydrogen (secondary N) is 1. The van der Waals surface area contributed by atoms with Gasteiger partial charge < -0.3 is 10.1 Å². The fourth-order valence-corrected chi connectivity index (χ4v) is 3.23. The highest BCUT2D eigenvalue weighted by Crippen LogP contribution is 2.33. The van der Waals surface area contributed by atoms with Gasteiger partial charge in [-0.05, 0) is 29.7 Å². The summed E-state index contributed by atoms with van der Waals surface area (Å²) in [6.07, 6.45) is 2.22. The highest BCUT2D eigenvalue weighted by Gasteiger charge is 2.26. The molecule has 0 unspecified atom stereocenters. The zero-order chi connectivity index (χ0) is 13.0. The van der Waals surface area contributed by atoms with E-state index in [-0.39, 0.29) is 18.5 Å². The topological polar surface area (TPSA) is 21.3 Å². The van der Waals surface area contributed by atoms with Gasteiger partial charge >= 0.3 is 0 Å². The molecule has 1 saturated heterocycles. The Kier molecular flexibility index (Phi) is 7.88. The van der Waals surface area contributed by atoms with Gasteiger partial charge in [-0.25, -0.2) is 0 Å². The van der Waals surface area contributed by atoms with Crippen molar-refractivity contribution in [2.45, 2.75) is 6.10 Å². The highest BCUT2D eigenvalue weighted by atomic mass is 35.5. The molecule has 1 heterocycles. The Balaban J connectivity index is 0.00000180. The van der Waals surface area contributed by atoms with Gasteiger partial charge in [0.1, 0.15) is 0 Å². The fraction of sp³-hybridized carbons (Fsp3) is 0.538. The van der Waals surface area contributed by atoms with Crippen LogP contribution in [0.25, 0.3) is 0 Å². The molecule has 1 N–H and O–H groups in total. The molecular weight excluding hydrogens is 325 g/mol.